The lowest BCUT2D eigenvalue weighted by atomic mass is 10.1. The third-order valence-electron chi connectivity index (χ3n) is 4.12. The number of hydrogen-bond acceptors (Lipinski definition) is 5. The number of amides is 1. The number of carboxylic acids is 1. The standard InChI is InChI=1S/C15H17N3O4/c1-7-12-10(14(19)18(3)8(2)15(20)21)6-11(9-4-5-9)16-13(12)22-17-7/h6,8-9H,4-5H2,1-3H3,(H,20,21). The van der Waals surface area contributed by atoms with Crippen molar-refractivity contribution in [3.8, 4) is 0 Å². The van der Waals surface area contributed by atoms with Crippen molar-refractivity contribution in [1.82, 2.24) is 15.0 Å². The molecule has 7 heteroatoms. The number of rotatable bonds is 4. The Kier molecular flexibility index (Phi) is 3.35. The minimum Gasteiger partial charge on any atom is -0.480 e. The number of aliphatic carboxylic acids is 1. The Labute approximate surface area is 126 Å². The Morgan fingerprint density at radius 1 is 1.45 bits per heavy atom. The normalized spacial score (nSPS) is 15.8. The highest BCUT2D eigenvalue weighted by atomic mass is 16.5. The molecule has 0 bridgehead atoms. The summed E-state index contributed by atoms with van der Waals surface area (Å²) >= 11 is 0. The van der Waals surface area contributed by atoms with E-state index in [1.165, 1.54) is 18.9 Å². The van der Waals surface area contributed by atoms with Gasteiger partial charge >= 0.3 is 5.97 Å². The highest BCUT2D eigenvalue weighted by molar-refractivity contribution is 6.06. The summed E-state index contributed by atoms with van der Waals surface area (Å²) in [6.07, 6.45) is 2.08. The zero-order valence-electron chi connectivity index (χ0n) is 12.7. The van der Waals surface area contributed by atoms with Crippen LogP contribution in [0.1, 0.15) is 47.4 Å². The molecule has 1 fully saturated rings. The minimum absolute atomic E-state index is 0.335. The van der Waals surface area contributed by atoms with Gasteiger partial charge in [0.05, 0.1) is 16.6 Å². The van der Waals surface area contributed by atoms with Crippen molar-refractivity contribution >= 4 is 23.0 Å². The molecule has 1 aliphatic carbocycles. The number of likely N-dealkylation sites (N-methyl/N-ethyl adjacent to an activating group) is 1. The Balaban J connectivity index is 2.09. The largest absolute Gasteiger partial charge is 0.480 e. The third-order valence-corrected chi connectivity index (χ3v) is 4.12. The van der Waals surface area contributed by atoms with E-state index in [1.54, 1.807) is 13.0 Å². The zero-order valence-corrected chi connectivity index (χ0v) is 12.7. The van der Waals surface area contributed by atoms with E-state index in [4.69, 9.17) is 9.63 Å². The fraction of sp³-hybridized carbons (Fsp3) is 0.467. The molecule has 1 aliphatic rings. The quantitative estimate of drug-likeness (QED) is 0.927. The number of carboxylic acid groups (broad SMARTS) is 1. The molecule has 0 saturated heterocycles. The number of carbonyl (C=O) groups is 2. The van der Waals surface area contributed by atoms with Crippen LogP contribution in [0.4, 0.5) is 0 Å². The first-order chi connectivity index (χ1) is 10.4. The van der Waals surface area contributed by atoms with Crippen LogP contribution in [0.25, 0.3) is 11.1 Å². The van der Waals surface area contributed by atoms with Gasteiger partial charge in [-0.05, 0) is 32.8 Å². The summed E-state index contributed by atoms with van der Waals surface area (Å²) in [6.45, 7) is 3.21. The predicted octanol–water partition coefficient (Wildman–Crippen LogP) is 1.95. The van der Waals surface area contributed by atoms with E-state index in [9.17, 15) is 9.59 Å². The maximum Gasteiger partial charge on any atom is 0.326 e. The zero-order chi connectivity index (χ0) is 16.0. The summed E-state index contributed by atoms with van der Waals surface area (Å²) in [5, 5.41) is 13.5. The van der Waals surface area contributed by atoms with Gasteiger partial charge in [-0.3, -0.25) is 4.79 Å². The van der Waals surface area contributed by atoms with Crippen LogP contribution in [0.5, 0.6) is 0 Å². The molecule has 3 rings (SSSR count). The maximum absolute atomic E-state index is 12.7. The summed E-state index contributed by atoms with van der Waals surface area (Å²) in [6, 6.07) is 0.831. The monoisotopic (exact) mass is 303 g/mol. The third kappa shape index (κ3) is 2.32. The Morgan fingerprint density at radius 3 is 2.73 bits per heavy atom. The van der Waals surface area contributed by atoms with E-state index in [2.05, 4.69) is 10.1 Å². The average molecular weight is 303 g/mol. The molecule has 0 aliphatic heterocycles. The predicted molar refractivity (Wildman–Crippen MR) is 77.7 cm³/mol. The first kappa shape index (κ1) is 14.5. The lowest BCUT2D eigenvalue weighted by Crippen LogP contribution is -2.40. The lowest BCUT2D eigenvalue weighted by Gasteiger charge is -2.22. The molecule has 7 nitrogen and oxygen atoms in total. The van der Waals surface area contributed by atoms with Crippen LogP contribution >= 0.6 is 0 Å². The summed E-state index contributed by atoms with van der Waals surface area (Å²) in [5.41, 5.74) is 2.12. The van der Waals surface area contributed by atoms with Gasteiger partial charge in [-0.1, -0.05) is 5.16 Å². The Morgan fingerprint density at radius 2 is 2.14 bits per heavy atom. The van der Waals surface area contributed by atoms with E-state index in [1.807, 2.05) is 0 Å². The first-order valence-corrected chi connectivity index (χ1v) is 7.17. The molecule has 1 saturated carbocycles. The van der Waals surface area contributed by atoms with Crippen molar-refractivity contribution in [3.63, 3.8) is 0 Å². The van der Waals surface area contributed by atoms with Crippen molar-refractivity contribution in [2.24, 2.45) is 0 Å². The van der Waals surface area contributed by atoms with Gasteiger partial charge in [-0.2, -0.15) is 0 Å². The van der Waals surface area contributed by atoms with Gasteiger partial charge < -0.3 is 14.5 Å². The van der Waals surface area contributed by atoms with E-state index in [0.29, 0.717) is 28.3 Å². The Hall–Kier alpha value is -2.44. The van der Waals surface area contributed by atoms with Crippen LogP contribution in [-0.4, -0.2) is 45.1 Å². The molecule has 1 N–H and O–H groups in total. The smallest absolute Gasteiger partial charge is 0.326 e. The molecule has 116 valence electrons. The Bertz CT molecular complexity index is 763. The van der Waals surface area contributed by atoms with Gasteiger partial charge in [0.25, 0.3) is 11.6 Å². The topological polar surface area (TPSA) is 96.5 Å². The first-order valence-electron chi connectivity index (χ1n) is 7.17. The second-order valence-electron chi connectivity index (χ2n) is 5.75. The van der Waals surface area contributed by atoms with Gasteiger partial charge in [0, 0.05) is 18.7 Å². The van der Waals surface area contributed by atoms with E-state index < -0.39 is 12.0 Å². The van der Waals surface area contributed by atoms with Gasteiger partial charge in [-0.25, -0.2) is 9.78 Å². The molecule has 1 amide bonds. The van der Waals surface area contributed by atoms with E-state index >= 15 is 0 Å². The highest BCUT2D eigenvalue weighted by Gasteiger charge is 2.31. The SMILES string of the molecule is Cc1noc2nc(C3CC3)cc(C(=O)N(C)C(C)C(=O)O)c12. The van der Waals surface area contributed by atoms with Crippen LogP contribution < -0.4 is 0 Å². The van der Waals surface area contributed by atoms with Crippen molar-refractivity contribution in [1.29, 1.82) is 0 Å². The fourth-order valence-electron chi connectivity index (χ4n) is 2.40. The van der Waals surface area contributed by atoms with Gasteiger partial charge in [0.1, 0.15) is 6.04 Å². The number of aryl methyl sites for hydroxylation is 1. The molecule has 0 spiro atoms. The van der Waals surface area contributed by atoms with Gasteiger partial charge in [-0.15, -0.1) is 0 Å². The van der Waals surface area contributed by atoms with Gasteiger partial charge in [0.15, 0.2) is 0 Å². The molecular formula is C15H17N3O4. The summed E-state index contributed by atoms with van der Waals surface area (Å²) in [7, 11) is 1.48. The molecule has 2 heterocycles. The summed E-state index contributed by atoms with van der Waals surface area (Å²) in [5.74, 6) is -1.07. The molecule has 22 heavy (non-hydrogen) atoms. The van der Waals surface area contributed by atoms with E-state index in [-0.39, 0.29) is 5.91 Å². The fourth-order valence-corrected chi connectivity index (χ4v) is 2.40. The van der Waals surface area contributed by atoms with Crippen LogP contribution in [0, 0.1) is 6.92 Å². The highest BCUT2D eigenvalue weighted by Crippen LogP contribution is 2.40. The van der Waals surface area contributed by atoms with Crippen molar-refractivity contribution in [2.75, 3.05) is 7.05 Å². The van der Waals surface area contributed by atoms with Crippen molar-refractivity contribution < 1.29 is 19.2 Å². The molecule has 0 radical (unpaired) electrons. The molecule has 0 aromatic carbocycles. The molecular weight excluding hydrogens is 286 g/mol. The van der Waals surface area contributed by atoms with Crippen LogP contribution in [0.3, 0.4) is 0 Å². The molecule has 2 aromatic rings. The number of pyridine rings is 1. The maximum atomic E-state index is 12.7. The second kappa shape index (κ2) is 5.08. The number of aromatic nitrogens is 2. The number of fused-ring (bicyclic) bond motifs is 1. The molecule has 1 unspecified atom stereocenters. The van der Waals surface area contributed by atoms with Crippen LogP contribution in [0.2, 0.25) is 0 Å². The average Bonchev–Trinajstić information content (AvgIpc) is 3.28. The van der Waals surface area contributed by atoms with Gasteiger partial charge in [0.2, 0.25) is 0 Å². The summed E-state index contributed by atoms with van der Waals surface area (Å²) in [4.78, 5) is 29.5. The molecule has 2 aromatic heterocycles. The second-order valence-corrected chi connectivity index (χ2v) is 5.75. The summed E-state index contributed by atoms with van der Waals surface area (Å²) < 4.78 is 5.20. The number of carbonyl (C=O) groups excluding carboxylic acids is 1. The molecule has 1 atom stereocenters. The number of nitrogens with zero attached hydrogens (tertiary/aromatic N) is 3. The van der Waals surface area contributed by atoms with E-state index in [0.717, 1.165) is 18.5 Å². The minimum atomic E-state index is -1.05. The van der Waals surface area contributed by atoms with Crippen LogP contribution in [0.15, 0.2) is 10.6 Å². The lowest BCUT2D eigenvalue weighted by molar-refractivity contribution is -0.141. The number of hydrogen-bond donors (Lipinski definition) is 1. The van der Waals surface area contributed by atoms with Crippen LogP contribution in [-0.2, 0) is 4.79 Å². The van der Waals surface area contributed by atoms with Crippen molar-refractivity contribution in [3.05, 3.63) is 23.0 Å². The van der Waals surface area contributed by atoms with Crippen molar-refractivity contribution in [2.45, 2.75) is 38.6 Å².